The van der Waals surface area contributed by atoms with Gasteiger partial charge in [-0.15, -0.1) is 11.3 Å². The van der Waals surface area contributed by atoms with Crippen LogP contribution in [0.1, 0.15) is 29.2 Å². The molecule has 0 bridgehead atoms. The molecule has 1 fully saturated rings. The molecule has 0 amide bonds. The monoisotopic (exact) mass is 335 g/mol. The Morgan fingerprint density at radius 3 is 2.63 bits per heavy atom. The molecule has 19 heavy (non-hydrogen) atoms. The summed E-state index contributed by atoms with van der Waals surface area (Å²) in [7, 11) is 0. The Hall–Kier alpha value is -0.640. The van der Waals surface area contributed by atoms with E-state index in [-0.39, 0.29) is 0 Å². The summed E-state index contributed by atoms with van der Waals surface area (Å²) in [6.45, 7) is 1.11. The summed E-state index contributed by atoms with van der Waals surface area (Å²) >= 11 is 5.34. The largest absolute Gasteiger partial charge is 0.314 e. The molecule has 1 saturated carbocycles. The minimum atomic E-state index is 0.716. The third-order valence-electron chi connectivity index (χ3n) is 3.86. The van der Waals surface area contributed by atoms with E-state index in [1.165, 1.54) is 27.8 Å². The van der Waals surface area contributed by atoms with Crippen LogP contribution in [0.15, 0.2) is 46.3 Å². The molecule has 1 aliphatic carbocycles. The smallest absolute Gasteiger partial charge is 0.0175 e. The van der Waals surface area contributed by atoms with Crippen molar-refractivity contribution in [3.8, 4) is 0 Å². The Morgan fingerprint density at radius 1 is 1.16 bits per heavy atom. The molecule has 1 aromatic carbocycles. The molecule has 0 saturated heterocycles. The van der Waals surface area contributed by atoms with Crippen molar-refractivity contribution in [2.45, 2.75) is 31.2 Å². The summed E-state index contributed by atoms with van der Waals surface area (Å²) in [5.74, 6) is 0.757. The predicted octanol–water partition coefficient (Wildman–Crippen LogP) is 4.59. The first-order chi connectivity index (χ1) is 9.31. The first-order valence-electron chi connectivity index (χ1n) is 6.82. The van der Waals surface area contributed by atoms with Crippen LogP contribution in [0.4, 0.5) is 0 Å². The molecule has 0 spiro atoms. The molecule has 0 unspecified atom stereocenters. The number of hydrogen-bond acceptors (Lipinski definition) is 2. The maximum atomic E-state index is 3.67. The summed E-state index contributed by atoms with van der Waals surface area (Å²) in [5, 5.41) is 5.82. The molecule has 1 N–H and O–H groups in total. The topological polar surface area (TPSA) is 12.0 Å². The zero-order chi connectivity index (χ0) is 13.1. The zero-order valence-corrected chi connectivity index (χ0v) is 13.2. The van der Waals surface area contributed by atoms with Crippen molar-refractivity contribution in [2.24, 2.45) is 0 Å². The standard InChI is InChI=1S/C16H18BrNS/c17-14-5-3-12(4-6-14)13-10-15(11-13)18-8-7-16-2-1-9-19-16/h1-6,9,13,15,18H,7-8,10-11H2. The van der Waals surface area contributed by atoms with Crippen molar-refractivity contribution in [2.75, 3.05) is 6.54 Å². The van der Waals surface area contributed by atoms with E-state index in [0.717, 1.165) is 18.9 Å². The molecule has 0 atom stereocenters. The van der Waals surface area contributed by atoms with E-state index in [9.17, 15) is 0 Å². The second-order valence-corrected chi connectivity index (χ2v) is 7.15. The van der Waals surface area contributed by atoms with Crippen LogP contribution in [0, 0.1) is 0 Å². The molecule has 3 rings (SSSR count). The van der Waals surface area contributed by atoms with Crippen molar-refractivity contribution >= 4 is 27.3 Å². The van der Waals surface area contributed by atoms with Gasteiger partial charge in [-0.2, -0.15) is 0 Å². The lowest BCUT2D eigenvalue weighted by molar-refractivity contribution is 0.293. The van der Waals surface area contributed by atoms with Gasteiger partial charge in [0, 0.05) is 21.9 Å². The number of benzene rings is 1. The van der Waals surface area contributed by atoms with Crippen molar-refractivity contribution in [1.82, 2.24) is 5.32 Å². The summed E-state index contributed by atoms with van der Waals surface area (Å²) in [6.07, 6.45) is 3.73. The van der Waals surface area contributed by atoms with E-state index in [1.54, 1.807) is 0 Å². The Morgan fingerprint density at radius 2 is 1.95 bits per heavy atom. The van der Waals surface area contributed by atoms with Crippen LogP contribution in [-0.4, -0.2) is 12.6 Å². The fourth-order valence-corrected chi connectivity index (χ4v) is 3.62. The van der Waals surface area contributed by atoms with Gasteiger partial charge in [0.1, 0.15) is 0 Å². The molecule has 1 aliphatic rings. The summed E-state index contributed by atoms with van der Waals surface area (Å²) in [6, 6.07) is 13.9. The minimum absolute atomic E-state index is 0.716. The summed E-state index contributed by atoms with van der Waals surface area (Å²) in [4.78, 5) is 1.48. The highest BCUT2D eigenvalue weighted by molar-refractivity contribution is 9.10. The number of rotatable bonds is 5. The van der Waals surface area contributed by atoms with Crippen LogP contribution in [-0.2, 0) is 6.42 Å². The van der Waals surface area contributed by atoms with E-state index in [1.807, 2.05) is 11.3 Å². The quantitative estimate of drug-likeness (QED) is 0.842. The normalized spacial score (nSPS) is 22.2. The fraction of sp³-hybridized carbons (Fsp3) is 0.375. The summed E-state index contributed by atoms with van der Waals surface area (Å²) < 4.78 is 1.17. The Balaban J connectivity index is 1.39. The Kier molecular flexibility index (Phi) is 4.36. The van der Waals surface area contributed by atoms with E-state index in [0.29, 0.717) is 6.04 Å². The third-order valence-corrected chi connectivity index (χ3v) is 5.33. The van der Waals surface area contributed by atoms with Gasteiger partial charge in [0.05, 0.1) is 0 Å². The summed E-state index contributed by atoms with van der Waals surface area (Å²) in [5.41, 5.74) is 1.49. The van der Waals surface area contributed by atoms with E-state index in [4.69, 9.17) is 0 Å². The van der Waals surface area contributed by atoms with Crippen LogP contribution >= 0.6 is 27.3 Å². The van der Waals surface area contributed by atoms with Gasteiger partial charge in [0.2, 0.25) is 0 Å². The average Bonchev–Trinajstić information content (AvgIpc) is 2.87. The van der Waals surface area contributed by atoms with Crippen LogP contribution in [0.2, 0.25) is 0 Å². The molecule has 0 aliphatic heterocycles. The van der Waals surface area contributed by atoms with Crippen molar-refractivity contribution in [3.05, 3.63) is 56.7 Å². The second kappa shape index (κ2) is 6.21. The Labute approximate surface area is 127 Å². The van der Waals surface area contributed by atoms with E-state index in [2.05, 4.69) is 63.0 Å². The van der Waals surface area contributed by atoms with Gasteiger partial charge < -0.3 is 5.32 Å². The lowest BCUT2D eigenvalue weighted by Crippen LogP contribution is -2.40. The molecule has 2 aromatic rings. The number of nitrogens with one attached hydrogen (secondary N) is 1. The first kappa shape index (κ1) is 13.3. The number of halogens is 1. The molecular weight excluding hydrogens is 318 g/mol. The molecule has 0 radical (unpaired) electrons. The van der Waals surface area contributed by atoms with Crippen LogP contribution in [0.5, 0.6) is 0 Å². The third kappa shape index (κ3) is 3.47. The van der Waals surface area contributed by atoms with Crippen molar-refractivity contribution < 1.29 is 0 Å². The van der Waals surface area contributed by atoms with Crippen LogP contribution in [0.3, 0.4) is 0 Å². The van der Waals surface area contributed by atoms with Crippen molar-refractivity contribution in [3.63, 3.8) is 0 Å². The van der Waals surface area contributed by atoms with Gasteiger partial charge in [0.25, 0.3) is 0 Å². The number of hydrogen-bond donors (Lipinski definition) is 1. The van der Waals surface area contributed by atoms with Gasteiger partial charge in [-0.05, 0) is 54.3 Å². The SMILES string of the molecule is Brc1ccc(C2CC(NCCc3cccs3)C2)cc1. The lowest BCUT2D eigenvalue weighted by Gasteiger charge is -2.36. The van der Waals surface area contributed by atoms with Gasteiger partial charge in [-0.3, -0.25) is 0 Å². The average molecular weight is 336 g/mol. The predicted molar refractivity (Wildman–Crippen MR) is 85.9 cm³/mol. The van der Waals surface area contributed by atoms with E-state index < -0.39 is 0 Å². The molecule has 100 valence electrons. The minimum Gasteiger partial charge on any atom is -0.314 e. The molecule has 1 heterocycles. The van der Waals surface area contributed by atoms with Gasteiger partial charge in [-0.1, -0.05) is 34.1 Å². The molecule has 1 aromatic heterocycles. The van der Waals surface area contributed by atoms with Gasteiger partial charge in [0.15, 0.2) is 0 Å². The van der Waals surface area contributed by atoms with Crippen LogP contribution < -0.4 is 5.32 Å². The maximum absolute atomic E-state index is 3.67. The molecular formula is C16H18BrNS. The van der Waals surface area contributed by atoms with Gasteiger partial charge >= 0.3 is 0 Å². The molecule has 3 heteroatoms. The highest BCUT2D eigenvalue weighted by Gasteiger charge is 2.29. The zero-order valence-electron chi connectivity index (χ0n) is 10.8. The highest BCUT2D eigenvalue weighted by Crippen LogP contribution is 2.37. The molecule has 1 nitrogen and oxygen atoms in total. The maximum Gasteiger partial charge on any atom is 0.0175 e. The van der Waals surface area contributed by atoms with E-state index >= 15 is 0 Å². The Bertz CT molecular complexity index is 500. The fourth-order valence-electron chi connectivity index (χ4n) is 2.65. The van der Waals surface area contributed by atoms with Gasteiger partial charge in [-0.25, -0.2) is 0 Å². The second-order valence-electron chi connectivity index (χ2n) is 5.20. The van der Waals surface area contributed by atoms with Crippen LogP contribution in [0.25, 0.3) is 0 Å². The lowest BCUT2D eigenvalue weighted by atomic mass is 9.76. The first-order valence-corrected chi connectivity index (χ1v) is 8.50. The number of thiophene rings is 1. The highest BCUT2D eigenvalue weighted by atomic mass is 79.9. The van der Waals surface area contributed by atoms with Crippen molar-refractivity contribution in [1.29, 1.82) is 0 Å².